The first-order valence-corrected chi connectivity index (χ1v) is 14.1. The van der Waals surface area contributed by atoms with Gasteiger partial charge in [-0.3, -0.25) is 14.4 Å². The third kappa shape index (κ3) is 6.71. The molecule has 1 heterocycles. The van der Waals surface area contributed by atoms with Gasteiger partial charge in [-0.2, -0.15) is 0 Å². The van der Waals surface area contributed by atoms with E-state index in [0.717, 1.165) is 12.8 Å². The molecule has 0 fully saturated rings. The first-order valence-electron chi connectivity index (χ1n) is 14.1. The van der Waals surface area contributed by atoms with Crippen LogP contribution in [-0.2, 0) is 16.0 Å². The number of aldehydes is 1. The molecule has 2 amide bonds. The molecule has 9 nitrogen and oxygen atoms in total. The third-order valence-corrected chi connectivity index (χ3v) is 7.67. The largest absolute Gasteiger partial charge is 0.493 e. The summed E-state index contributed by atoms with van der Waals surface area (Å²) < 4.78 is 25.6. The van der Waals surface area contributed by atoms with Gasteiger partial charge >= 0.3 is 0 Å². The van der Waals surface area contributed by atoms with E-state index in [2.05, 4.69) is 11.9 Å². The average molecular weight is 581 g/mol. The molecule has 1 aliphatic heterocycles. The fourth-order valence-electron chi connectivity index (χ4n) is 5.65. The van der Waals surface area contributed by atoms with Crippen LogP contribution in [0.25, 0.3) is 0 Å². The van der Waals surface area contributed by atoms with E-state index in [-0.39, 0.29) is 49.2 Å². The lowest BCUT2D eigenvalue weighted by atomic mass is 9.77. The molecule has 0 saturated heterocycles. The van der Waals surface area contributed by atoms with E-state index in [4.69, 9.17) is 9.47 Å². The van der Waals surface area contributed by atoms with Crippen molar-refractivity contribution in [1.29, 1.82) is 0 Å². The van der Waals surface area contributed by atoms with Crippen LogP contribution in [0, 0.1) is 5.82 Å². The van der Waals surface area contributed by atoms with Crippen molar-refractivity contribution in [2.75, 3.05) is 26.8 Å². The van der Waals surface area contributed by atoms with E-state index in [1.165, 1.54) is 30.2 Å². The Morgan fingerprint density at radius 2 is 2.05 bits per heavy atom. The number of aliphatic hydroxyl groups is 2. The van der Waals surface area contributed by atoms with Crippen LogP contribution in [0.15, 0.2) is 60.7 Å². The molecule has 0 saturated carbocycles. The number of methoxy groups -OCH3 is 1. The van der Waals surface area contributed by atoms with Crippen LogP contribution in [0.4, 0.5) is 4.39 Å². The van der Waals surface area contributed by atoms with Gasteiger partial charge in [0.05, 0.1) is 25.7 Å². The van der Waals surface area contributed by atoms with Gasteiger partial charge in [-0.25, -0.2) is 4.39 Å². The first kappa shape index (κ1) is 30.9. The van der Waals surface area contributed by atoms with E-state index in [1.807, 2.05) is 0 Å². The fraction of sp³-hybridized carbons (Fsp3) is 0.406. The molecule has 0 unspecified atom stereocenters. The van der Waals surface area contributed by atoms with Crippen molar-refractivity contribution < 1.29 is 38.5 Å². The zero-order chi connectivity index (χ0) is 30.2. The number of nitrogens with one attached hydrogen (secondary N) is 1. The number of fused-ring (bicyclic) bond motifs is 3. The van der Waals surface area contributed by atoms with E-state index in [0.29, 0.717) is 41.6 Å². The highest BCUT2D eigenvalue weighted by molar-refractivity contribution is 5.96. The summed E-state index contributed by atoms with van der Waals surface area (Å²) in [5.41, 5.74) is 1.74. The number of unbranched alkanes of at least 4 members (excludes halogenated alkanes) is 2. The normalized spacial score (nSPS) is 20.4. The predicted octanol–water partition coefficient (Wildman–Crippen LogP) is 3.09. The molecular formula is C32H37FN2O7. The zero-order valence-corrected chi connectivity index (χ0v) is 23.6. The van der Waals surface area contributed by atoms with E-state index >= 15 is 0 Å². The minimum Gasteiger partial charge on any atom is -0.493 e. The van der Waals surface area contributed by atoms with Gasteiger partial charge in [0, 0.05) is 36.2 Å². The number of halogens is 1. The Hall–Kier alpha value is -4.02. The summed E-state index contributed by atoms with van der Waals surface area (Å²) >= 11 is 0. The Bertz CT molecular complexity index is 1340. The smallest absolute Gasteiger partial charge is 0.247 e. The molecule has 2 aromatic rings. The highest BCUT2D eigenvalue weighted by Gasteiger charge is 2.51. The Morgan fingerprint density at radius 1 is 1.24 bits per heavy atom. The van der Waals surface area contributed by atoms with Gasteiger partial charge in [0.15, 0.2) is 11.5 Å². The molecule has 10 heteroatoms. The Kier molecular flexibility index (Phi) is 10.5. The molecule has 1 aliphatic carbocycles. The summed E-state index contributed by atoms with van der Waals surface area (Å²) in [6.45, 7) is 3.60. The van der Waals surface area contributed by atoms with Crippen LogP contribution < -0.4 is 14.8 Å². The topological polar surface area (TPSA) is 125 Å². The molecule has 4 atom stereocenters. The molecule has 0 aromatic heterocycles. The minimum atomic E-state index is -1.24. The molecule has 4 rings (SSSR count). The number of ether oxygens (including phenoxy) is 2. The summed E-state index contributed by atoms with van der Waals surface area (Å²) in [6, 6.07) is 8.28. The van der Waals surface area contributed by atoms with Gasteiger partial charge in [0.25, 0.3) is 0 Å². The van der Waals surface area contributed by atoms with Crippen LogP contribution in [-0.4, -0.2) is 78.3 Å². The number of hydrogen-bond donors (Lipinski definition) is 3. The SMILES string of the molecule is C=CCCCCC(=O)N(CCc1cccc(F)c1)[C@@H]1C=C(C(=O)NCCO)[C@@H]2c3cc(C=O)cc(OC)c3O[C@@H]2[C@H]1O. The van der Waals surface area contributed by atoms with Gasteiger partial charge in [-0.1, -0.05) is 18.2 Å². The lowest BCUT2D eigenvalue weighted by Crippen LogP contribution is -2.56. The van der Waals surface area contributed by atoms with Crippen molar-refractivity contribution >= 4 is 18.1 Å². The molecule has 2 aromatic carbocycles. The summed E-state index contributed by atoms with van der Waals surface area (Å²) in [5, 5.41) is 23.7. The maximum atomic E-state index is 13.9. The zero-order valence-electron chi connectivity index (χ0n) is 23.6. The van der Waals surface area contributed by atoms with Crippen molar-refractivity contribution in [3.63, 3.8) is 0 Å². The maximum absolute atomic E-state index is 13.9. The Morgan fingerprint density at radius 3 is 2.74 bits per heavy atom. The molecule has 0 radical (unpaired) electrons. The van der Waals surface area contributed by atoms with Gasteiger partial charge in [-0.15, -0.1) is 6.58 Å². The van der Waals surface area contributed by atoms with Crippen molar-refractivity contribution in [2.45, 2.75) is 56.3 Å². The molecule has 3 N–H and O–H groups in total. The number of carbonyl (C=O) groups excluding carboxylic acids is 3. The van der Waals surface area contributed by atoms with Gasteiger partial charge in [0.1, 0.15) is 24.3 Å². The number of hydrogen-bond acceptors (Lipinski definition) is 7. The molecular weight excluding hydrogens is 543 g/mol. The second-order valence-corrected chi connectivity index (χ2v) is 10.4. The summed E-state index contributed by atoms with van der Waals surface area (Å²) in [4.78, 5) is 40.3. The van der Waals surface area contributed by atoms with Crippen LogP contribution in [0.5, 0.6) is 11.5 Å². The van der Waals surface area contributed by atoms with Crippen LogP contribution in [0.1, 0.15) is 53.1 Å². The van der Waals surface area contributed by atoms with Crippen LogP contribution >= 0.6 is 0 Å². The third-order valence-electron chi connectivity index (χ3n) is 7.67. The molecule has 42 heavy (non-hydrogen) atoms. The number of aliphatic hydroxyl groups excluding tert-OH is 2. The highest BCUT2D eigenvalue weighted by Crippen LogP contribution is 2.51. The second kappa shape index (κ2) is 14.2. The highest BCUT2D eigenvalue weighted by atomic mass is 19.1. The Labute approximate surface area is 244 Å². The number of allylic oxidation sites excluding steroid dienone is 1. The van der Waals surface area contributed by atoms with Crippen LogP contribution in [0.3, 0.4) is 0 Å². The summed E-state index contributed by atoms with van der Waals surface area (Å²) in [6.07, 6.45) is 4.49. The van der Waals surface area contributed by atoms with E-state index in [1.54, 1.807) is 30.4 Å². The monoisotopic (exact) mass is 580 g/mol. The van der Waals surface area contributed by atoms with E-state index < -0.39 is 30.1 Å². The molecule has 0 spiro atoms. The number of rotatable bonds is 14. The molecule has 224 valence electrons. The minimum absolute atomic E-state index is 0.00227. The van der Waals surface area contributed by atoms with Gasteiger partial charge < -0.3 is 29.9 Å². The van der Waals surface area contributed by atoms with Gasteiger partial charge in [0.2, 0.25) is 11.8 Å². The van der Waals surface area contributed by atoms with Crippen molar-refractivity contribution in [3.05, 3.63) is 83.2 Å². The predicted molar refractivity (Wildman–Crippen MR) is 154 cm³/mol. The standard InChI is InChI=1S/C32H37FN2O7/c1-3-4-5-6-10-27(38)35(13-11-20-8-7-9-22(33)15-20)25-18-24(32(40)34-12-14-36)28-23-16-21(19-37)17-26(41-2)30(23)42-31(28)29(25)39/h3,7-9,15-19,25,28-29,31,36,39H,1,4-6,10-14H2,2H3,(H,34,40)/t25-,28+,29+,31+/m1/s1. The number of amides is 2. The number of nitrogens with zero attached hydrogens (tertiary/aromatic N) is 1. The summed E-state index contributed by atoms with van der Waals surface area (Å²) in [5.74, 6) is -1.28. The first-order chi connectivity index (χ1) is 20.3. The molecule has 0 bridgehead atoms. The van der Waals surface area contributed by atoms with E-state index in [9.17, 15) is 29.0 Å². The maximum Gasteiger partial charge on any atom is 0.247 e. The quantitative estimate of drug-likeness (QED) is 0.178. The fourth-order valence-corrected chi connectivity index (χ4v) is 5.65. The van der Waals surface area contributed by atoms with Crippen LogP contribution in [0.2, 0.25) is 0 Å². The van der Waals surface area contributed by atoms with Gasteiger partial charge in [-0.05, 0) is 61.6 Å². The second-order valence-electron chi connectivity index (χ2n) is 10.4. The summed E-state index contributed by atoms with van der Waals surface area (Å²) in [7, 11) is 1.43. The number of benzene rings is 2. The average Bonchev–Trinajstić information content (AvgIpc) is 3.38. The van der Waals surface area contributed by atoms with Crippen molar-refractivity contribution in [2.24, 2.45) is 0 Å². The lowest BCUT2D eigenvalue weighted by Gasteiger charge is -2.41. The lowest BCUT2D eigenvalue weighted by molar-refractivity contribution is -0.137. The molecule has 2 aliphatic rings. The number of carbonyl (C=O) groups is 3. The Balaban J connectivity index is 1.74. The van der Waals surface area contributed by atoms with Crippen molar-refractivity contribution in [3.8, 4) is 11.5 Å². The van der Waals surface area contributed by atoms with Crippen molar-refractivity contribution in [1.82, 2.24) is 10.2 Å².